The first kappa shape index (κ1) is 6.16. The normalized spacial score (nSPS) is 32.3. The standard InChI is InChI=1S/C7H12N2O/c8-6-4-9(7(6)10)3-5-1-2-5/h5-6H,1-4,8H2. The maximum Gasteiger partial charge on any atom is 0.241 e. The Morgan fingerprint density at radius 3 is 2.70 bits per heavy atom. The van der Waals surface area contributed by atoms with E-state index < -0.39 is 0 Å². The van der Waals surface area contributed by atoms with Gasteiger partial charge in [0.25, 0.3) is 0 Å². The summed E-state index contributed by atoms with van der Waals surface area (Å²) in [5.41, 5.74) is 5.42. The molecule has 1 atom stereocenters. The maximum atomic E-state index is 10.9. The molecule has 0 bridgehead atoms. The number of rotatable bonds is 2. The number of β-lactam (4-membered cyclic amide) rings is 1. The minimum atomic E-state index is -0.182. The van der Waals surface area contributed by atoms with Crippen LogP contribution in [-0.2, 0) is 4.79 Å². The molecule has 2 rings (SSSR count). The first-order chi connectivity index (χ1) is 4.77. The van der Waals surface area contributed by atoms with Gasteiger partial charge in [0, 0.05) is 13.1 Å². The Kier molecular flexibility index (Phi) is 1.20. The number of likely N-dealkylation sites (tertiary alicyclic amines) is 1. The Morgan fingerprint density at radius 1 is 1.60 bits per heavy atom. The van der Waals surface area contributed by atoms with Gasteiger partial charge in [0.15, 0.2) is 0 Å². The fourth-order valence-electron chi connectivity index (χ4n) is 1.30. The van der Waals surface area contributed by atoms with Crippen LogP contribution in [0.5, 0.6) is 0 Å². The molecule has 3 nitrogen and oxygen atoms in total. The number of amides is 1. The molecule has 2 N–H and O–H groups in total. The van der Waals surface area contributed by atoms with Gasteiger partial charge >= 0.3 is 0 Å². The van der Waals surface area contributed by atoms with Crippen molar-refractivity contribution in [1.82, 2.24) is 4.90 Å². The van der Waals surface area contributed by atoms with E-state index in [4.69, 9.17) is 5.73 Å². The molecular weight excluding hydrogens is 128 g/mol. The Balaban J connectivity index is 1.79. The number of carbonyl (C=O) groups excluding carboxylic acids is 1. The van der Waals surface area contributed by atoms with Crippen molar-refractivity contribution in [3.05, 3.63) is 0 Å². The number of nitrogens with two attached hydrogens (primary N) is 1. The smallest absolute Gasteiger partial charge is 0.241 e. The predicted octanol–water partition coefficient (Wildman–Crippen LogP) is -0.434. The quantitative estimate of drug-likeness (QED) is 0.529. The highest BCUT2D eigenvalue weighted by molar-refractivity contribution is 5.87. The van der Waals surface area contributed by atoms with Crippen LogP contribution in [-0.4, -0.2) is 29.9 Å². The van der Waals surface area contributed by atoms with Gasteiger partial charge in [0.1, 0.15) is 6.04 Å². The van der Waals surface area contributed by atoms with Crippen LogP contribution < -0.4 is 5.73 Å². The zero-order valence-corrected chi connectivity index (χ0v) is 5.92. The van der Waals surface area contributed by atoms with Crippen LogP contribution in [0.4, 0.5) is 0 Å². The second kappa shape index (κ2) is 1.95. The molecule has 0 aromatic rings. The van der Waals surface area contributed by atoms with Gasteiger partial charge in [0.05, 0.1) is 0 Å². The monoisotopic (exact) mass is 140 g/mol. The molecule has 0 spiro atoms. The summed E-state index contributed by atoms with van der Waals surface area (Å²) < 4.78 is 0. The fourth-order valence-corrected chi connectivity index (χ4v) is 1.30. The number of carbonyl (C=O) groups is 1. The average molecular weight is 140 g/mol. The Morgan fingerprint density at radius 2 is 2.30 bits per heavy atom. The summed E-state index contributed by atoms with van der Waals surface area (Å²) in [5, 5.41) is 0. The fraction of sp³-hybridized carbons (Fsp3) is 0.857. The molecule has 3 heteroatoms. The zero-order chi connectivity index (χ0) is 7.14. The average Bonchev–Trinajstić information content (AvgIpc) is 2.70. The molecule has 56 valence electrons. The van der Waals surface area contributed by atoms with Crippen molar-refractivity contribution >= 4 is 5.91 Å². The lowest BCUT2D eigenvalue weighted by Gasteiger charge is -2.36. The van der Waals surface area contributed by atoms with Crippen molar-refractivity contribution in [2.75, 3.05) is 13.1 Å². The van der Waals surface area contributed by atoms with E-state index >= 15 is 0 Å². The van der Waals surface area contributed by atoms with Crippen molar-refractivity contribution in [2.24, 2.45) is 11.7 Å². The first-order valence-electron chi connectivity index (χ1n) is 3.82. The second-order valence-corrected chi connectivity index (χ2v) is 3.29. The number of hydrogen-bond donors (Lipinski definition) is 1. The van der Waals surface area contributed by atoms with Crippen LogP contribution >= 0.6 is 0 Å². The third-order valence-electron chi connectivity index (χ3n) is 2.22. The highest BCUT2D eigenvalue weighted by Gasteiger charge is 2.36. The highest BCUT2D eigenvalue weighted by atomic mass is 16.2. The molecule has 1 saturated heterocycles. The highest BCUT2D eigenvalue weighted by Crippen LogP contribution is 2.31. The molecule has 2 aliphatic rings. The summed E-state index contributed by atoms with van der Waals surface area (Å²) in [7, 11) is 0. The van der Waals surface area contributed by atoms with E-state index in [1.165, 1.54) is 12.8 Å². The number of hydrogen-bond acceptors (Lipinski definition) is 2. The molecule has 0 radical (unpaired) electrons. The van der Waals surface area contributed by atoms with Gasteiger partial charge in [-0.05, 0) is 18.8 Å². The lowest BCUT2D eigenvalue weighted by molar-refractivity contribution is -0.142. The largest absolute Gasteiger partial charge is 0.339 e. The van der Waals surface area contributed by atoms with Gasteiger partial charge in [-0.15, -0.1) is 0 Å². The molecule has 1 aliphatic carbocycles. The molecule has 1 heterocycles. The third kappa shape index (κ3) is 0.904. The van der Waals surface area contributed by atoms with E-state index in [9.17, 15) is 4.79 Å². The summed E-state index contributed by atoms with van der Waals surface area (Å²) in [6.45, 7) is 1.75. The van der Waals surface area contributed by atoms with Gasteiger partial charge < -0.3 is 10.6 Å². The van der Waals surface area contributed by atoms with Crippen molar-refractivity contribution in [1.29, 1.82) is 0 Å². The van der Waals surface area contributed by atoms with Crippen molar-refractivity contribution in [2.45, 2.75) is 18.9 Å². The summed E-state index contributed by atoms with van der Waals surface area (Å²) in [5.74, 6) is 0.948. The molecule has 10 heavy (non-hydrogen) atoms. The van der Waals surface area contributed by atoms with E-state index in [0.717, 1.165) is 19.0 Å². The van der Waals surface area contributed by atoms with E-state index in [0.29, 0.717) is 0 Å². The molecule has 2 fully saturated rings. The lowest BCUT2D eigenvalue weighted by Crippen LogP contribution is -2.61. The second-order valence-electron chi connectivity index (χ2n) is 3.29. The SMILES string of the molecule is NC1CN(CC2CC2)C1=O. The molecule has 0 aromatic heterocycles. The Labute approximate surface area is 60.2 Å². The summed E-state index contributed by atoms with van der Waals surface area (Å²) in [6.07, 6.45) is 2.61. The van der Waals surface area contributed by atoms with Crippen LogP contribution in [0.2, 0.25) is 0 Å². The molecular formula is C7H12N2O. The van der Waals surface area contributed by atoms with Crippen LogP contribution in [0.25, 0.3) is 0 Å². The van der Waals surface area contributed by atoms with Crippen molar-refractivity contribution in [3.8, 4) is 0 Å². The van der Waals surface area contributed by atoms with Crippen LogP contribution in [0.1, 0.15) is 12.8 Å². The van der Waals surface area contributed by atoms with Gasteiger partial charge in [-0.3, -0.25) is 4.79 Å². The molecule has 1 amide bonds. The van der Waals surface area contributed by atoms with E-state index in [1.54, 1.807) is 0 Å². The minimum absolute atomic E-state index is 0.145. The third-order valence-corrected chi connectivity index (χ3v) is 2.22. The summed E-state index contributed by atoms with van der Waals surface area (Å²) in [4.78, 5) is 12.8. The predicted molar refractivity (Wildman–Crippen MR) is 37.3 cm³/mol. The van der Waals surface area contributed by atoms with Crippen molar-refractivity contribution < 1.29 is 4.79 Å². The van der Waals surface area contributed by atoms with E-state index in [2.05, 4.69) is 0 Å². The first-order valence-corrected chi connectivity index (χ1v) is 3.82. The molecule has 1 saturated carbocycles. The Hall–Kier alpha value is -0.570. The van der Waals surface area contributed by atoms with Crippen LogP contribution in [0.15, 0.2) is 0 Å². The summed E-state index contributed by atoms with van der Waals surface area (Å²) >= 11 is 0. The van der Waals surface area contributed by atoms with Gasteiger partial charge in [0.2, 0.25) is 5.91 Å². The molecule has 0 aromatic carbocycles. The van der Waals surface area contributed by atoms with E-state index in [1.807, 2.05) is 4.90 Å². The molecule has 1 aliphatic heterocycles. The van der Waals surface area contributed by atoms with E-state index in [-0.39, 0.29) is 11.9 Å². The molecule has 1 unspecified atom stereocenters. The van der Waals surface area contributed by atoms with Gasteiger partial charge in [-0.2, -0.15) is 0 Å². The Bertz CT molecular complexity index is 165. The van der Waals surface area contributed by atoms with Gasteiger partial charge in [-0.25, -0.2) is 0 Å². The maximum absolute atomic E-state index is 10.9. The minimum Gasteiger partial charge on any atom is -0.339 e. The number of nitrogens with zero attached hydrogens (tertiary/aromatic N) is 1. The van der Waals surface area contributed by atoms with Crippen LogP contribution in [0.3, 0.4) is 0 Å². The van der Waals surface area contributed by atoms with Crippen molar-refractivity contribution in [3.63, 3.8) is 0 Å². The topological polar surface area (TPSA) is 46.3 Å². The lowest BCUT2D eigenvalue weighted by atomic mass is 10.1. The zero-order valence-electron chi connectivity index (χ0n) is 5.92. The van der Waals surface area contributed by atoms with Gasteiger partial charge in [-0.1, -0.05) is 0 Å². The summed E-state index contributed by atoms with van der Waals surface area (Å²) in [6, 6.07) is -0.182. The van der Waals surface area contributed by atoms with Crippen LogP contribution in [0, 0.1) is 5.92 Å².